The summed E-state index contributed by atoms with van der Waals surface area (Å²) in [4.78, 5) is 1.42. The Morgan fingerprint density at radius 2 is 2.17 bits per heavy atom. The minimum atomic E-state index is -2.48. The quantitative estimate of drug-likeness (QED) is 0.802. The molecule has 0 aromatic heterocycles. The Kier molecular flexibility index (Phi) is 6.32. The predicted octanol–water partition coefficient (Wildman–Crippen LogP) is 2.12. The van der Waals surface area contributed by atoms with Gasteiger partial charge in [0.25, 0.3) is 6.43 Å². The molecule has 0 amide bonds. The third kappa shape index (κ3) is 4.08. The van der Waals surface area contributed by atoms with Crippen LogP contribution in [0, 0.1) is 0 Å². The minimum absolute atomic E-state index is 0.130. The van der Waals surface area contributed by atoms with Gasteiger partial charge in [0.05, 0.1) is 23.9 Å². The molecule has 0 aliphatic rings. The average Bonchev–Trinajstić information content (AvgIpc) is 2.28. The number of nitrogens with one attached hydrogen (secondary N) is 1. The Morgan fingerprint density at radius 1 is 1.44 bits per heavy atom. The van der Waals surface area contributed by atoms with E-state index in [0.717, 1.165) is 5.56 Å². The predicted molar refractivity (Wildman–Crippen MR) is 69.5 cm³/mol. The monoisotopic (exact) mass is 278 g/mol. The van der Waals surface area contributed by atoms with E-state index in [1.54, 1.807) is 19.2 Å². The molecule has 0 atom stereocenters. The van der Waals surface area contributed by atoms with Crippen LogP contribution in [0.5, 0.6) is 0 Å². The molecule has 0 heterocycles. The third-order valence-electron chi connectivity index (χ3n) is 2.48. The number of anilines is 1. The second-order valence-corrected chi connectivity index (χ2v) is 4.25. The van der Waals surface area contributed by atoms with E-state index in [1.807, 2.05) is 6.07 Å². The van der Waals surface area contributed by atoms with Gasteiger partial charge in [-0.25, -0.2) is 8.78 Å². The van der Waals surface area contributed by atoms with Gasteiger partial charge in [0.2, 0.25) is 0 Å². The highest BCUT2D eigenvalue weighted by Gasteiger charge is 2.18. The molecule has 102 valence electrons. The smallest absolute Gasteiger partial charge is 0.255 e. The van der Waals surface area contributed by atoms with Crippen molar-refractivity contribution in [2.75, 3.05) is 31.6 Å². The van der Waals surface area contributed by atoms with Gasteiger partial charge in [0.15, 0.2) is 0 Å². The molecule has 3 nitrogen and oxygen atoms in total. The SMILES string of the molecule is CNCc1cccc(Cl)c1N(CCO)CC(F)F. The van der Waals surface area contributed by atoms with Crippen molar-refractivity contribution in [3.8, 4) is 0 Å². The van der Waals surface area contributed by atoms with Crippen LogP contribution in [0.1, 0.15) is 5.56 Å². The van der Waals surface area contributed by atoms with Crippen molar-refractivity contribution in [1.82, 2.24) is 5.32 Å². The zero-order chi connectivity index (χ0) is 13.5. The van der Waals surface area contributed by atoms with Crippen LogP contribution in [0.2, 0.25) is 5.02 Å². The number of nitrogens with zero attached hydrogens (tertiary/aromatic N) is 1. The second-order valence-electron chi connectivity index (χ2n) is 3.84. The topological polar surface area (TPSA) is 35.5 Å². The molecule has 1 rings (SSSR count). The van der Waals surface area contributed by atoms with Crippen molar-refractivity contribution in [2.45, 2.75) is 13.0 Å². The Labute approximate surface area is 110 Å². The third-order valence-corrected chi connectivity index (χ3v) is 2.79. The van der Waals surface area contributed by atoms with E-state index >= 15 is 0 Å². The van der Waals surface area contributed by atoms with Crippen LogP contribution >= 0.6 is 11.6 Å². The average molecular weight is 279 g/mol. The van der Waals surface area contributed by atoms with Gasteiger partial charge in [0, 0.05) is 13.1 Å². The molecule has 0 radical (unpaired) electrons. The summed E-state index contributed by atoms with van der Waals surface area (Å²) in [7, 11) is 1.77. The Balaban J connectivity index is 3.07. The zero-order valence-electron chi connectivity index (χ0n) is 10.2. The molecule has 18 heavy (non-hydrogen) atoms. The molecular formula is C12H17ClF2N2O. The number of alkyl halides is 2. The molecule has 0 bridgehead atoms. The molecule has 1 aromatic rings. The highest BCUT2D eigenvalue weighted by Crippen LogP contribution is 2.30. The van der Waals surface area contributed by atoms with Gasteiger partial charge < -0.3 is 15.3 Å². The fourth-order valence-electron chi connectivity index (χ4n) is 1.83. The maximum absolute atomic E-state index is 12.6. The normalized spacial score (nSPS) is 11.0. The molecule has 1 aromatic carbocycles. The van der Waals surface area contributed by atoms with Crippen LogP contribution in [0.3, 0.4) is 0 Å². The van der Waals surface area contributed by atoms with Gasteiger partial charge in [-0.2, -0.15) is 0 Å². The van der Waals surface area contributed by atoms with Gasteiger partial charge >= 0.3 is 0 Å². The highest BCUT2D eigenvalue weighted by atomic mass is 35.5. The Morgan fingerprint density at radius 3 is 2.72 bits per heavy atom. The Hall–Kier alpha value is -0.910. The van der Waals surface area contributed by atoms with Crippen LogP contribution in [0.4, 0.5) is 14.5 Å². The molecule has 6 heteroatoms. The van der Waals surface area contributed by atoms with E-state index < -0.39 is 13.0 Å². The summed E-state index contributed by atoms with van der Waals surface area (Å²) in [5, 5.41) is 12.4. The van der Waals surface area contributed by atoms with Crippen LogP contribution in [-0.2, 0) is 6.54 Å². The number of benzene rings is 1. The maximum atomic E-state index is 12.6. The van der Waals surface area contributed by atoms with Crippen LogP contribution < -0.4 is 10.2 Å². The summed E-state index contributed by atoms with van der Waals surface area (Å²) in [6, 6.07) is 5.26. The van der Waals surface area contributed by atoms with Gasteiger partial charge in [-0.3, -0.25) is 0 Å². The van der Waals surface area contributed by atoms with Gasteiger partial charge in [-0.1, -0.05) is 23.7 Å². The molecule has 0 saturated carbocycles. The number of para-hydroxylation sites is 1. The summed E-state index contributed by atoms with van der Waals surface area (Å²) in [6.45, 7) is 0.0177. The lowest BCUT2D eigenvalue weighted by Gasteiger charge is -2.27. The minimum Gasteiger partial charge on any atom is -0.395 e. The van der Waals surface area contributed by atoms with Gasteiger partial charge in [0.1, 0.15) is 0 Å². The zero-order valence-corrected chi connectivity index (χ0v) is 10.9. The van der Waals surface area contributed by atoms with E-state index in [-0.39, 0.29) is 13.2 Å². The maximum Gasteiger partial charge on any atom is 0.255 e. The van der Waals surface area contributed by atoms with E-state index in [0.29, 0.717) is 17.3 Å². The summed E-state index contributed by atoms with van der Waals surface area (Å²) in [6.07, 6.45) is -2.48. The summed E-state index contributed by atoms with van der Waals surface area (Å²) in [5.74, 6) is 0. The van der Waals surface area contributed by atoms with Crippen LogP contribution in [0.15, 0.2) is 18.2 Å². The van der Waals surface area contributed by atoms with Crippen molar-refractivity contribution >= 4 is 17.3 Å². The van der Waals surface area contributed by atoms with E-state index in [4.69, 9.17) is 16.7 Å². The number of hydrogen-bond donors (Lipinski definition) is 2. The number of aliphatic hydroxyl groups excluding tert-OH is 1. The van der Waals surface area contributed by atoms with Crippen LogP contribution in [0.25, 0.3) is 0 Å². The fraction of sp³-hybridized carbons (Fsp3) is 0.500. The highest BCUT2D eigenvalue weighted by molar-refractivity contribution is 6.33. The van der Waals surface area contributed by atoms with Crippen molar-refractivity contribution in [1.29, 1.82) is 0 Å². The fourth-order valence-corrected chi connectivity index (χ4v) is 2.14. The van der Waals surface area contributed by atoms with Crippen LogP contribution in [-0.4, -0.2) is 38.3 Å². The summed E-state index contributed by atoms with van der Waals surface area (Å²) in [5.41, 5.74) is 1.39. The molecule has 0 aliphatic heterocycles. The lowest BCUT2D eigenvalue weighted by atomic mass is 10.1. The van der Waals surface area contributed by atoms with Crippen molar-refractivity contribution in [3.05, 3.63) is 28.8 Å². The molecule has 0 spiro atoms. The molecule has 0 saturated heterocycles. The van der Waals surface area contributed by atoms with Crippen molar-refractivity contribution in [2.24, 2.45) is 0 Å². The lowest BCUT2D eigenvalue weighted by Crippen LogP contribution is -2.33. The summed E-state index contributed by atoms with van der Waals surface area (Å²) < 4.78 is 25.1. The molecule has 0 fully saturated rings. The van der Waals surface area contributed by atoms with Gasteiger partial charge in [-0.05, 0) is 18.7 Å². The second kappa shape index (κ2) is 7.51. The van der Waals surface area contributed by atoms with Crippen molar-refractivity contribution < 1.29 is 13.9 Å². The van der Waals surface area contributed by atoms with E-state index in [1.165, 1.54) is 4.90 Å². The lowest BCUT2D eigenvalue weighted by molar-refractivity contribution is 0.152. The Bertz CT molecular complexity index is 377. The first-order valence-electron chi connectivity index (χ1n) is 5.66. The standard InChI is InChI=1S/C12H17ClF2N2O/c1-16-7-9-3-2-4-10(13)12(9)17(5-6-18)8-11(14)15/h2-4,11,16,18H,5-8H2,1H3. The molecule has 0 unspecified atom stereocenters. The van der Waals surface area contributed by atoms with Crippen molar-refractivity contribution in [3.63, 3.8) is 0 Å². The number of rotatable bonds is 7. The molecule has 2 N–H and O–H groups in total. The number of halogens is 3. The largest absolute Gasteiger partial charge is 0.395 e. The summed E-state index contributed by atoms with van der Waals surface area (Å²) >= 11 is 6.08. The molecule has 0 aliphatic carbocycles. The number of aliphatic hydroxyl groups is 1. The van der Waals surface area contributed by atoms with E-state index in [2.05, 4.69) is 5.32 Å². The molecular weight excluding hydrogens is 262 g/mol. The first-order chi connectivity index (χ1) is 8.60. The van der Waals surface area contributed by atoms with Gasteiger partial charge in [-0.15, -0.1) is 0 Å². The first kappa shape index (κ1) is 15.1. The van der Waals surface area contributed by atoms with E-state index in [9.17, 15) is 8.78 Å². The number of hydrogen-bond acceptors (Lipinski definition) is 3. The first-order valence-corrected chi connectivity index (χ1v) is 6.04.